The Morgan fingerprint density at radius 2 is 0.684 bits per heavy atom. The SMILES string of the molecule is Cc1cc(-c2c(C)ccc3c2oc2cc4c(cc23)C2CCCCC2C42CCCC2)[n+](C)cc1C.Cc1cc(-c2c(C)ccc3c2oc2ccc4c(c23)-c2ccccc2C42CCCC2)[n+](C)cc1C.Cc1cc(-c2c(C)ccc3c2oc2ccc4c(c23)C2(CCCC2)c2ccccc2-4)[n+](C)cc1C.Cc1cc(-c2c(C)ccc3c2oc2nc4c(cc23)-c2ccccc2C42CCCC2)[n+](C)cc1C. The highest BCUT2D eigenvalue weighted by Gasteiger charge is 2.55. The molecule has 9 heteroatoms. The Hall–Kier alpha value is -12.9. The maximum absolute atomic E-state index is 6.81. The molecule has 0 amide bonds. The lowest BCUT2D eigenvalue weighted by Crippen LogP contribution is -2.31. The fourth-order valence-corrected chi connectivity index (χ4v) is 28.7. The fraction of sp³-hybridized carbons (Fsp3) is 0.331. The maximum Gasteiger partial charge on any atom is 0.227 e. The summed E-state index contributed by atoms with van der Waals surface area (Å²) in [6.45, 7) is 26.3. The van der Waals surface area contributed by atoms with Gasteiger partial charge in [-0.15, -0.1) is 0 Å². The van der Waals surface area contributed by atoms with Gasteiger partial charge in [0.15, 0.2) is 30.4 Å². The molecule has 9 aromatic heterocycles. The van der Waals surface area contributed by atoms with Gasteiger partial charge in [0.05, 0.1) is 27.9 Å². The smallest absolute Gasteiger partial charge is 0.227 e. The Morgan fingerprint density at radius 1 is 0.279 bits per heavy atom. The Morgan fingerprint density at radius 3 is 1.21 bits per heavy atom. The summed E-state index contributed by atoms with van der Waals surface area (Å²) in [5.74, 6) is 1.63. The van der Waals surface area contributed by atoms with Crippen LogP contribution in [0, 0.1) is 89.0 Å². The van der Waals surface area contributed by atoms with Crippen molar-refractivity contribution in [3.63, 3.8) is 0 Å². The molecule has 678 valence electrons. The van der Waals surface area contributed by atoms with Crippen LogP contribution >= 0.6 is 0 Å². The molecule has 0 aliphatic heterocycles. The van der Waals surface area contributed by atoms with Crippen molar-refractivity contribution in [2.75, 3.05) is 0 Å². The molecule has 9 nitrogen and oxygen atoms in total. The highest BCUT2D eigenvalue weighted by atomic mass is 16.3. The van der Waals surface area contributed by atoms with Gasteiger partial charge in [0.2, 0.25) is 28.5 Å². The topological polar surface area (TPSA) is 81.0 Å². The number of aryl methyl sites for hydroxylation is 16. The molecule has 28 rings (SSSR count). The van der Waals surface area contributed by atoms with E-state index in [0.29, 0.717) is 5.41 Å². The number of fused-ring (bicyclic) bond motifs is 34. The molecule has 0 bridgehead atoms. The van der Waals surface area contributed by atoms with E-state index >= 15 is 0 Å². The van der Waals surface area contributed by atoms with E-state index in [4.69, 9.17) is 22.7 Å². The third kappa shape index (κ3) is 12.3. The zero-order valence-electron chi connectivity index (χ0n) is 82.4. The summed E-state index contributed by atoms with van der Waals surface area (Å²) in [6, 6.07) is 71.1. The van der Waals surface area contributed by atoms with Crippen LogP contribution in [-0.4, -0.2) is 4.98 Å². The maximum atomic E-state index is 6.81. The minimum Gasteiger partial charge on any atom is -0.455 e. The van der Waals surface area contributed by atoms with Crippen molar-refractivity contribution in [3.8, 4) is 78.4 Å². The van der Waals surface area contributed by atoms with Gasteiger partial charge in [0, 0.05) is 111 Å². The van der Waals surface area contributed by atoms with E-state index in [-0.39, 0.29) is 16.2 Å². The Labute approximate surface area is 799 Å². The summed E-state index contributed by atoms with van der Waals surface area (Å²) in [4.78, 5) is 5.29. The molecule has 4 spiro atoms. The molecule has 0 saturated heterocycles. The first-order chi connectivity index (χ1) is 65.9. The van der Waals surface area contributed by atoms with E-state index < -0.39 is 0 Å². The number of hydrogen-bond donors (Lipinski definition) is 0. The van der Waals surface area contributed by atoms with Crippen LogP contribution in [0.2, 0.25) is 0 Å². The average molecular weight is 1790 g/mol. The van der Waals surface area contributed by atoms with Gasteiger partial charge < -0.3 is 17.7 Å². The summed E-state index contributed by atoms with van der Waals surface area (Å²) in [5, 5.41) is 9.97. The van der Waals surface area contributed by atoms with Crippen molar-refractivity contribution in [2.45, 2.75) is 239 Å². The Kier molecular flexibility index (Phi) is 19.6. The zero-order valence-corrected chi connectivity index (χ0v) is 82.4. The van der Waals surface area contributed by atoms with Gasteiger partial charge in [0.25, 0.3) is 0 Å². The standard InChI is InChI=1S/2C32H30NO.C32H36NO.C31H29N2O/c1-19-11-12-24-29-27(34-31(24)28(19)26-17-20(2)21(3)18-33(26)4)14-13-23-22-9-5-6-10-25(22)32(30(23)29)15-7-8-16-32;1-19-11-12-23-30-27(34-31(23)28(19)26-17-20(2)21(3)18-33(26)4)14-13-25-29(30)22-9-5-6-10-24(22)32(25)15-7-8-16-32;1-19-11-12-23-25-16-24-22-9-5-6-10-26(22)32(13-7-8-14-32)27(24)17-29(25)34-31(23)30(19)28-15-20(2)21(3)18-33(28)4;1-18-11-12-22-24-16-23-21-9-5-6-10-25(21)31(13-7-8-14-31)29(23)32-30(24)34-28(22)27(18)26-15-19(2)20(3)17-33(26)4/h2*5-6,9-14,17-18H,7-8,15-16H2,1-4H3;11-12,15-18,22,26H,5-10,13-14H2,1-4H3;5-6,9-12,15-17H,7-8,13-14H2,1-4H3/q4*+1. The normalized spacial score (nSPS) is 17.8. The molecule has 0 N–H and O–H groups in total. The van der Waals surface area contributed by atoms with Crippen LogP contribution < -0.4 is 18.3 Å². The first-order valence-electron chi connectivity index (χ1n) is 51.0. The number of aromatic nitrogens is 5. The monoisotopic (exact) mass is 1780 g/mol. The van der Waals surface area contributed by atoms with E-state index in [2.05, 4.69) is 342 Å². The van der Waals surface area contributed by atoms with Crippen molar-refractivity contribution in [2.24, 2.45) is 34.1 Å². The van der Waals surface area contributed by atoms with Gasteiger partial charge in [-0.2, -0.15) is 0 Å². The molecule has 10 aromatic carbocycles. The molecule has 19 aromatic rings. The van der Waals surface area contributed by atoms with Crippen molar-refractivity contribution in [1.29, 1.82) is 0 Å². The molecule has 2 atom stereocenters. The van der Waals surface area contributed by atoms with Crippen LogP contribution in [0.4, 0.5) is 0 Å². The van der Waals surface area contributed by atoms with Gasteiger partial charge in [-0.05, 0) is 306 Å². The van der Waals surface area contributed by atoms with Crippen molar-refractivity contribution in [1.82, 2.24) is 4.98 Å². The molecule has 2 unspecified atom stereocenters. The minimum atomic E-state index is 0.0539. The van der Waals surface area contributed by atoms with Crippen LogP contribution in [0.25, 0.3) is 166 Å². The molecule has 9 aliphatic rings. The number of furan rings is 4. The Bertz CT molecular complexity index is 8340. The second-order valence-electron chi connectivity index (χ2n) is 43.2. The number of hydrogen-bond acceptors (Lipinski definition) is 5. The van der Waals surface area contributed by atoms with Crippen LogP contribution in [0.15, 0.2) is 231 Å². The molecular formula is C127H125N5O4+4. The van der Waals surface area contributed by atoms with Crippen LogP contribution in [0.1, 0.15) is 246 Å². The van der Waals surface area contributed by atoms with Crippen molar-refractivity contribution >= 4 is 87.9 Å². The van der Waals surface area contributed by atoms with Crippen molar-refractivity contribution in [3.05, 3.63) is 324 Å². The summed E-state index contributed by atoms with van der Waals surface area (Å²) in [7, 11) is 8.56. The summed E-state index contributed by atoms with van der Waals surface area (Å²) in [5.41, 5.74) is 54.2. The van der Waals surface area contributed by atoms with Crippen molar-refractivity contribution < 1.29 is 35.9 Å². The van der Waals surface area contributed by atoms with Gasteiger partial charge in [-0.1, -0.05) is 198 Å². The summed E-state index contributed by atoms with van der Waals surface area (Å²) in [6.07, 6.45) is 35.1. The molecule has 136 heavy (non-hydrogen) atoms. The first kappa shape index (κ1) is 84.9. The number of rotatable bonds is 4. The first-order valence-corrected chi connectivity index (χ1v) is 51.0. The molecule has 5 saturated carbocycles. The molecule has 5 fully saturated rings. The lowest BCUT2D eigenvalue weighted by Gasteiger charge is -2.37. The van der Waals surface area contributed by atoms with E-state index in [1.165, 1.54) is 334 Å². The van der Waals surface area contributed by atoms with E-state index in [1.54, 1.807) is 11.1 Å². The zero-order chi connectivity index (χ0) is 92.8. The second kappa shape index (κ2) is 31.3. The van der Waals surface area contributed by atoms with E-state index in [1.807, 2.05) is 0 Å². The summed E-state index contributed by atoms with van der Waals surface area (Å²) < 4.78 is 35.9. The third-order valence-electron chi connectivity index (χ3n) is 35.8. The second-order valence-corrected chi connectivity index (χ2v) is 43.2. The van der Waals surface area contributed by atoms with E-state index in [9.17, 15) is 0 Å². The molecule has 9 aliphatic carbocycles. The van der Waals surface area contributed by atoms with Gasteiger partial charge in [-0.3, -0.25) is 0 Å². The molecular weight excluding hydrogens is 1660 g/mol. The largest absolute Gasteiger partial charge is 0.455 e. The fourth-order valence-electron chi connectivity index (χ4n) is 28.7. The lowest BCUT2D eigenvalue weighted by atomic mass is 9.66. The highest BCUT2D eigenvalue weighted by molar-refractivity contribution is 6.19. The molecule has 9 heterocycles. The summed E-state index contributed by atoms with van der Waals surface area (Å²) >= 11 is 0. The van der Waals surface area contributed by atoms with Gasteiger partial charge in [-0.25, -0.2) is 23.3 Å². The van der Waals surface area contributed by atoms with Crippen LogP contribution in [0.5, 0.6) is 0 Å². The number of nitrogens with zero attached hydrogens (tertiary/aromatic N) is 5. The highest BCUT2D eigenvalue weighted by Crippen LogP contribution is 2.66. The number of benzene rings is 10. The predicted molar refractivity (Wildman–Crippen MR) is 555 cm³/mol. The number of pyridine rings is 5. The predicted octanol–water partition coefficient (Wildman–Crippen LogP) is 31.0. The lowest BCUT2D eigenvalue weighted by molar-refractivity contribution is -0.660. The third-order valence-corrected chi connectivity index (χ3v) is 35.8. The quantitative estimate of drug-likeness (QED) is 0.164. The van der Waals surface area contributed by atoms with Gasteiger partial charge in [0.1, 0.15) is 61.7 Å². The minimum absolute atomic E-state index is 0.0539. The Balaban J connectivity index is 0.0000000965. The van der Waals surface area contributed by atoms with E-state index in [0.717, 1.165) is 73.0 Å². The average Bonchev–Trinajstić information content (AvgIpc) is 1.54. The van der Waals surface area contributed by atoms with Crippen LogP contribution in [-0.2, 0) is 49.9 Å². The van der Waals surface area contributed by atoms with Crippen LogP contribution in [0.3, 0.4) is 0 Å². The molecule has 0 radical (unpaired) electrons. The van der Waals surface area contributed by atoms with Gasteiger partial charge >= 0.3 is 0 Å².